The molecule has 2 aliphatic heterocycles. The Morgan fingerprint density at radius 2 is 1.26 bits per heavy atom. The monoisotopic (exact) mass is 1510 g/mol. The van der Waals surface area contributed by atoms with Crippen molar-refractivity contribution in [1.82, 2.24) is 34.3 Å². The molecule has 0 saturated carbocycles. The highest BCUT2D eigenvalue weighted by Gasteiger charge is 2.53. The molecule has 3 aromatic heterocycles. The predicted octanol–water partition coefficient (Wildman–Crippen LogP) is 10.7. The molecule has 2 N–H and O–H groups in total. The fourth-order valence-corrected chi connectivity index (χ4v) is 23.5. The van der Waals surface area contributed by atoms with Crippen LogP contribution in [0.15, 0.2) is 180 Å². The van der Waals surface area contributed by atoms with Gasteiger partial charge in [-0.25, -0.2) is 19.8 Å². The van der Waals surface area contributed by atoms with Crippen LogP contribution in [-0.4, -0.2) is 152 Å². The molecule has 10 rings (SSSR count). The van der Waals surface area contributed by atoms with Gasteiger partial charge in [0.05, 0.1) is 61.7 Å². The molecular formula is C71H79F3IN9O9S2Si2. The molecule has 2 amide bonds. The van der Waals surface area contributed by atoms with Crippen molar-refractivity contribution in [2.24, 2.45) is 4.99 Å². The number of carbonyl (C=O) groups is 2. The third-order valence-electron chi connectivity index (χ3n) is 17.1. The number of likely N-dealkylation sites (N-methyl/N-ethyl adjacent to an activating group) is 1. The lowest BCUT2D eigenvalue weighted by Crippen LogP contribution is -2.67. The summed E-state index contributed by atoms with van der Waals surface area (Å²) in [7, 11) is -4.22. The molecule has 5 heterocycles. The number of hydrogen-bond acceptors (Lipinski definition) is 15. The second-order valence-corrected chi connectivity index (χ2v) is 37.2. The number of amides is 2. The summed E-state index contributed by atoms with van der Waals surface area (Å²) in [6, 6.07) is 49.6. The van der Waals surface area contributed by atoms with Gasteiger partial charge < -0.3 is 47.9 Å². The van der Waals surface area contributed by atoms with Crippen molar-refractivity contribution in [2.75, 3.05) is 57.1 Å². The summed E-state index contributed by atoms with van der Waals surface area (Å²) >= 11 is 5.38. The van der Waals surface area contributed by atoms with E-state index in [9.17, 15) is 27.6 Å². The number of nitrogens with zero attached hydrogens (tertiary/aromatic N) is 7. The minimum atomic E-state index is -5.14. The first-order valence-corrected chi connectivity index (χ1v) is 39.2. The molecule has 0 radical (unpaired) electrons. The molecule has 2 fully saturated rings. The van der Waals surface area contributed by atoms with Crippen molar-refractivity contribution in [3.8, 4) is 11.8 Å². The van der Waals surface area contributed by atoms with Crippen molar-refractivity contribution >= 4 is 124 Å². The Balaban J connectivity index is 0.915. The summed E-state index contributed by atoms with van der Waals surface area (Å²) in [4.78, 5) is 60.2. The van der Waals surface area contributed by atoms with E-state index in [2.05, 4.69) is 164 Å². The van der Waals surface area contributed by atoms with E-state index in [-0.39, 0.29) is 41.1 Å². The van der Waals surface area contributed by atoms with Gasteiger partial charge in [0.15, 0.2) is 11.6 Å². The van der Waals surface area contributed by atoms with Gasteiger partial charge in [-0.1, -0.05) is 193 Å². The Hall–Kier alpha value is -7.02. The fourth-order valence-electron chi connectivity index (χ4n) is 12.6. The lowest BCUT2D eigenvalue weighted by molar-refractivity contribution is -0.173. The number of benzene rings is 5. The highest BCUT2D eigenvalue weighted by molar-refractivity contribution is 14.1. The summed E-state index contributed by atoms with van der Waals surface area (Å²) in [5, 5.41) is 8.89. The van der Waals surface area contributed by atoms with Crippen LogP contribution < -0.4 is 37.1 Å². The molecule has 7 atom stereocenters. The SMILES string of the molecule is CSCOC1C[C@H](n2cc(I)c3c(/N=C/N(C)CC(OC4C[C@H](n5cc(C#CCNC(=O)C(F)(F)F)c(NC(=O)c6ccccc6)nc5=O)O[C@@H]4CO[Si](c4ccccc4)(c4ccccc4)C(C)(C)C)SC)ncnc32)O[C@@H]1CO[Si](c1ccccc1)(c1ccccc1)C(C)(C)C. The van der Waals surface area contributed by atoms with E-state index in [0.29, 0.717) is 37.0 Å². The smallest absolute Gasteiger partial charge is 0.405 e. The Kier molecular flexibility index (Phi) is 23.9. The molecule has 26 heteroatoms. The molecule has 0 bridgehead atoms. The van der Waals surface area contributed by atoms with Gasteiger partial charge in [-0.2, -0.15) is 18.2 Å². The molecule has 18 nitrogen and oxygen atoms in total. The summed E-state index contributed by atoms with van der Waals surface area (Å²) in [6.45, 7) is 13.3. The third-order valence-corrected chi connectivity index (χ3v) is 29.1. The first kappa shape index (κ1) is 72.7. The van der Waals surface area contributed by atoms with Crippen LogP contribution in [0.2, 0.25) is 10.1 Å². The van der Waals surface area contributed by atoms with Crippen molar-refractivity contribution in [3.63, 3.8) is 0 Å². The predicted molar refractivity (Wildman–Crippen MR) is 389 cm³/mol. The Morgan fingerprint density at radius 3 is 1.76 bits per heavy atom. The van der Waals surface area contributed by atoms with Crippen molar-refractivity contribution in [3.05, 3.63) is 196 Å². The number of ether oxygens (including phenoxy) is 4. The molecule has 5 aromatic carbocycles. The van der Waals surface area contributed by atoms with Crippen LogP contribution in [0.25, 0.3) is 11.0 Å². The molecule has 97 heavy (non-hydrogen) atoms. The largest absolute Gasteiger partial charge is 0.471 e. The molecule has 3 unspecified atom stereocenters. The number of rotatable bonds is 25. The maximum atomic E-state index is 14.3. The maximum Gasteiger partial charge on any atom is 0.471 e. The average molecular weight is 1510 g/mol. The van der Waals surface area contributed by atoms with Gasteiger partial charge in [0, 0.05) is 41.4 Å². The first-order chi connectivity index (χ1) is 46.4. The van der Waals surface area contributed by atoms with E-state index >= 15 is 0 Å². The third kappa shape index (κ3) is 16.7. The number of halogens is 4. The number of aromatic nitrogens is 5. The van der Waals surface area contributed by atoms with Gasteiger partial charge in [0.1, 0.15) is 42.1 Å². The van der Waals surface area contributed by atoms with Crippen LogP contribution in [0, 0.1) is 15.4 Å². The minimum Gasteiger partial charge on any atom is -0.405 e. The summed E-state index contributed by atoms with van der Waals surface area (Å²) < 4.78 is 86.0. The van der Waals surface area contributed by atoms with Crippen LogP contribution in [0.5, 0.6) is 0 Å². The zero-order valence-electron chi connectivity index (χ0n) is 55.4. The van der Waals surface area contributed by atoms with Gasteiger partial charge in [0.25, 0.3) is 22.5 Å². The van der Waals surface area contributed by atoms with Gasteiger partial charge in [-0.05, 0) is 78.1 Å². The molecular weight excluding hydrogens is 1430 g/mol. The number of aliphatic imine (C=N–C) groups is 1. The molecule has 2 aliphatic rings. The topological polar surface area (TPSA) is 195 Å². The van der Waals surface area contributed by atoms with Gasteiger partial charge in [-0.15, -0.1) is 23.5 Å². The number of fused-ring (bicyclic) bond motifs is 1. The van der Waals surface area contributed by atoms with Gasteiger partial charge >= 0.3 is 17.8 Å². The first-order valence-electron chi connectivity index (χ1n) is 31.6. The highest BCUT2D eigenvalue weighted by atomic mass is 127. The van der Waals surface area contributed by atoms with Gasteiger partial charge in [-0.3, -0.25) is 14.2 Å². The Bertz CT molecular complexity index is 4050. The van der Waals surface area contributed by atoms with Crippen LogP contribution in [0.1, 0.15) is 82.8 Å². The van der Waals surface area contributed by atoms with Crippen LogP contribution >= 0.6 is 46.1 Å². The quantitative estimate of drug-likeness (QED) is 0.0137. The minimum absolute atomic E-state index is 0.0294. The van der Waals surface area contributed by atoms with Crippen LogP contribution in [0.4, 0.5) is 24.8 Å². The molecule has 0 spiro atoms. The standard InChI is InChI=1S/C71H79F3IN9O9S2Si2/c1-69(2,3)96(50-29-17-11-18-30-50,51-31-19-12-20-32-51)89-43-57-55(88-47-94-8)38-59(91-57)83-41-54(75)62-64(77-45-78-65(62)83)79-46-82(7)42-61(95-9)93-56-39-60(92-58(56)44-90-97(70(4,5)6,52-33-21-13-22-34-52)53-35-23-14-24-36-53)84-40-49(28-25-37-76-67(86)71(72,73)74)63(81-68(84)87)80-66(85)48-26-15-10-16-27-48/h10-24,26-27,29-36,40-41,45-46,55-61H,37-39,42-44,47H2,1-9H3,(H,76,86)(H,80,81,85,87)/b79-46+/t55?,56?,57-,58-,59-,60-,61?/m1/s1. The van der Waals surface area contributed by atoms with E-state index < -0.39 is 88.1 Å². The summed E-state index contributed by atoms with van der Waals surface area (Å²) in [6.07, 6.45) is 2.37. The lowest BCUT2D eigenvalue weighted by Gasteiger charge is -2.43. The van der Waals surface area contributed by atoms with Crippen LogP contribution in [0.3, 0.4) is 0 Å². The second kappa shape index (κ2) is 31.9. The number of thioether (sulfide) groups is 2. The molecule has 8 aromatic rings. The zero-order chi connectivity index (χ0) is 69.1. The van der Waals surface area contributed by atoms with E-state index in [1.54, 1.807) is 53.7 Å². The van der Waals surface area contributed by atoms with Crippen molar-refractivity contribution in [2.45, 2.75) is 113 Å². The van der Waals surface area contributed by atoms with E-state index in [4.69, 9.17) is 37.8 Å². The van der Waals surface area contributed by atoms with E-state index in [1.165, 1.54) is 39.2 Å². The lowest BCUT2D eigenvalue weighted by atomic mass is 10.2. The number of carbonyl (C=O) groups excluding carboxylic acids is 2. The molecule has 0 aliphatic carbocycles. The van der Waals surface area contributed by atoms with Crippen molar-refractivity contribution in [1.29, 1.82) is 0 Å². The number of nitrogens with one attached hydrogen (secondary N) is 2. The van der Waals surface area contributed by atoms with E-state index in [1.807, 2.05) is 83.8 Å². The fraction of sp³-hybridized carbons (Fsp3) is 0.366. The molecule has 2 saturated heterocycles. The Morgan fingerprint density at radius 1 is 0.753 bits per heavy atom. The maximum absolute atomic E-state index is 14.3. The second-order valence-electron chi connectivity index (χ2n) is 25.6. The normalized spacial score (nSPS) is 18.8. The summed E-state index contributed by atoms with van der Waals surface area (Å²) in [5.74, 6) is 3.11. The van der Waals surface area contributed by atoms with Crippen LogP contribution in [-0.2, 0) is 32.6 Å². The number of hydrogen-bond donors (Lipinski definition) is 2. The van der Waals surface area contributed by atoms with Gasteiger partial charge in [0.2, 0.25) is 0 Å². The highest BCUT2D eigenvalue weighted by Crippen LogP contribution is 2.42. The Labute approximate surface area is 587 Å². The summed E-state index contributed by atoms with van der Waals surface area (Å²) in [5.41, 5.74) is -0.475. The van der Waals surface area contributed by atoms with Crippen molar-refractivity contribution < 1.29 is 50.6 Å². The average Bonchev–Trinajstić information content (AvgIpc) is 0.802. The van der Waals surface area contributed by atoms with E-state index in [0.717, 1.165) is 19.3 Å². The molecule has 510 valence electrons. The number of anilines is 1. The zero-order valence-corrected chi connectivity index (χ0v) is 61.2. The number of alkyl halides is 3.